The molecule has 96 valence electrons. The number of benzene rings is 2. The minimum atomic E-state index is -0.272. The summed E-state index contributed by atoms with van der Waals surface area (Å²) in [7, 11) is 0. The molecule has 0 radical (unpaired) electrons. The van der Waals surface area contributed by atoms with E-state index in [1.54, 1.807) is 12.1 Å². The maximum absolute atomic E-state index is 9.34. The van der Waals surface area contributed by atoms with Gasteiger partial charge in [0.2, 0.25) is 0 Å². The summed E-state index contributed by atoms with van der Waals surface area (Å²) in [4.78, 5) is 0. The summed E-state index contributed by atoms with van der Waals surface area (Å²) in [6.45, 7) is 0. The zero-order chi connectivity index (χ0) is 13.8. The topological polar surface area (TPSA) is 23.8 Å². The average Bonchev–Trinajstić information content (AvgIpc) is 2.39. The van der Waals surface area contributed by atoms with E-state index in [1.165, 1.54) is 0 Å². The molecule has 4 heteroatoms. The van der Waals surface area contributed by atoms with E-state index < -0.39 is 0 Å². The third kappa shape index (κ3) is 3.73. The van der Waals surface area contributed by atoms with Crippen molar-refractivity contribution >= 4 is 39.1 Å². The molecule has 0 spiro atoms. The molecule has 0 saturated carbocycles. The highest BCUT2D eigenvalue weighted by molar-refractivity contribution is 9.10. The van der Waals surface area contributed by atoms with Crippen LogP contribution in [0.5, 0.6) is 0 Å². The maximum Gasteiger partial charge on any atom is 0.0767 e. The maximum atomic E-state index is 9.34. The average molecular weight is 355 g/mol. The minimum absolute atomic E-state index is 0.272. The number of hydrogen-bond donors (Lipinski definition) is 0. The van der Waals surface area contributed by atoms with Crippen molar-refractivity contribution in [1.82, 2.24) is 0 Å². The fraction of sp³-hybridized carbons (Fsp3) is 0.133. The van der Waals surface area contributed by atoms with Crippen LogP contribution < -0.4 is 0 Å². The molecule has 0 bridgehead atoms. The van der Waals surface area contributed by atoms with Gasteiger partial charge >= 0.3 is 0 Å². The van der Waals surface area contributed by atoms with Crippen LogP contribution in [0, 0.1) is 11.3 Å². The third-order valence-electron chi connectivity index (χ3n) is 2.85. The van der Waals surface area contributed by atoms with E-state index in [1.807, 2.05) is 30.3 Å². The predicted molar refractivity (Wildman–Crippen MR) is 82.7 cm³/mol. The van der Waals surface area contributed by atoms with Crippen molar-refractivity contribution in [2.75, 3.05) is 0 Å². The second-order valence-corrected chi connectivity index (χ2v) is 5.94. The van der Waals surface area contributed by atoms with Crippen LogP contribution in [-0.4, -0.2) is 0 Å². The van der Waals surface area contributed by atoms with Crippen molar-refractivity contribution in [3.8, 4) is 6.07 Å². The van der Waals surface area contributed by atoms with Crippen LogP contribution in [0.15, 0.2) is 46.9 Å². The van der Waals surface area contributed by atoms with Gasteiger partial charge in [-0.25, -0.2) is 0 Å². The highest BCUT2D eigenvalue weighted by atomic mass is 79.9. The molecular weight excluding hydrogens is 345 g/mol. The van der Waals surface area contributed by atoms with Gasteiger partial charge in [-0.2, -0.15) is 5.26 Å². The Labute approximate surface area is 130 Å². The summed E-state index contributed by atoms with van der Waals surface area (Å²) in [5, 5.41) is 10.5. The lowest BCUT2D eigenvalue weighted by molar-refractivity contribution is 0.849. The summed E-state index contributed by atoms with van der Waals surface area (Å²) < 4.78 is 1.02. The quantitative estimate of drug-likeness (QED) is 0.703. The van der Waals surface area contributed by atoms with E-state index in [0.29, 0.717) is 16.5 Å². The Morgan fingerprint density at radius 3 is 2.37 bits per heavy atom. The van der Waals surface area contributed by atoms with Crippen LogP contribution in [-0.2, 0) is 6.42 Å². The number of nitrogens with zero attached hydrogens (tertiary/aromatic N) is 1. The van der Waals surface area contributed by atoms with Gasteiger partial charge in [0.05, 0.1) is 12.0 Å². The van der Waals surface area contributed by atoms with Crippen LogP contribution in [0.3, 0.4) is 0 Å². The normalized spacial score (nSPS) is 11.9. The van der Waals surface area contributed by atoms with Gasteiger partial charge in [0, 0.05) is 14.5 Å². The summed E-state index contributed by atoms with van der Waals surface area (Å²) in [5.41, 5.74) is 1.91. The molecule has 2 aromatic rings. The summed E-state index contributed by atoms with van der Waals surface area (Å²) in [5.74, 6) is -0.272. The molecule has 2 aromatic carbocycles. The number of hydrogen-bond acceptors (Lipinski definition) is 1. The van der Waals surface area contributed by atoms with Crippen molar-refractivity contribution in [2.24, 2.45) is 0 Å². The molecule has 1 nitrogen and oxygen atoms in total. The molecule has 0 saturated heterocycles. The van der Waals surface area contributed by atoms with Crippen LogP contribution in [0.25, 0.3) is 0 Å². The van der Waals surface area contributed by atoms with Gasteiger partial charge in [-0.1, -0.05) is 57.3 Å². The van der Waals surface area contributed by atoms with Gasteiger partial charge in [0.25, 0.3) is 0 Å². The summed E-state index contributed by atoms with van der Waals surface area (Å²) >= 11 is 15.4. The van der Waals surface area contributed by atoms with E-state index in [9.17, 15) is 5.26 Å². The van der Waals surface area contributed by atoms with E-state index in [-0.39, 0.29) is 5.92 Å². The molecule has 0 unspecified atom stereocenters. The van der Waals surface area contributed by atoms with Crippen LogP contribution >= 0.6 is 39.1 Å². The van der Waals surface area contributed by atoms with Gasteiger partial charge in [-0.3, -0.25) is 0 Å². The Morgan fingerprint density at radius 2 is 1.79 bits per heavy atom. The first-order valence-electron chi connectivity index (χ1n) is 5.69. The summed E-state index contributed by atoms with van der Waals surface area (Å²) in [6.07, 6.45) is 0.630. The lowest BCUT2D eigenvalue weighted by Crippen LogP contribution is -2.01. The smallest absolute Gasteiger partial charge is 0.0767 e. The van der Waals surface area contributed by atoms with E-state index in [0.717, 1.165) is 15.6 Å². The number of rotatable bonds is 3. The second-order valence-electron chi connectivity index (χ2n) is 4.18. The van der Waals surface area contributed by atoms with Gasteiger partial charge in [-0.15, -0.1) is 0 Å². The van der Waals surface area contributed by atoms with Crippen molar-refractivity contribution in [3.05, 3.63) is 68.1 Å². The first-order valence-corrected chi connectivity index (χ1v) is 7.24. The zero-order valence-corrected chi connectivity index (χ0v) is 13.0. The molecule has 0 fully saturated rings. The molecule has 0 N–H and O–H groups in total. The molecule has 2 rings (SSSR count). The standard InChI is InChI=1S/C15H10BrCl2N/c16-12-3-1-10(2-4-12)7-11(9-19)14-6-5-13(17)8-15(14)18/h1-6,8,11H,7H2/t11-/m1/s1. The zero-order valence-electron chi connectivity index (χ0n) is 9.91. The van der Waals surface area contributed by atoms with Gasteiger partial charge in [0.15, 0.2) is 0 Å². The molecule has 0 amide bonds. The molecule has 19 heavy (non-hydrogen) atoms. The van der Waals surface area contributed by atoms with Crippen molar-refractivity contribution in [1.29, 1.82) is 5.26 Å². The fourth-order valence-corrected chi connectivity index (χ4v) is 2.67. The van der Waals surface area contributed by atoms with Crippen molar-refractivity contribution in [3.63, 3.8) is 0 Å². The molecule has 0 aliphatic heterocycles. The minimum Gasteiger partial charge on any atom is -0.198 e. The van der Waals surface area contributed by atoms with E-state index in [4.69, 9.17) is 23.2 Å². The lowest BCUT2D eigenvalue weighted by Gasteiger charge is -2.12. The SMILES string of the molecule is N#C[C@@H](Cc1ccc(Br)cc1)c1ccc(Cl)cc1Cl. The number of halogens is 3. The lowest BCUT2D eigenvalue weighted by atomic mass is 9.93. The van der Waals surface area contributed by atoms with Crippen LogP contribution in [0.1, 0.15) is 17.0 Å². The fourth-order valence-electron chi connectivity index (χ4n) is 1.87. The predicted octanol–water partition coefficient (Wildman–Crippen LogP) is 5.61. The van der Waals surface area contributed by atoms with E-state index >= 15 is 0 Å². The van der Waals surface area contributed by atoms with Crippen molar-refractivity contribution in [2.45, 2.75) is 12.3 Å². The molecule has 0 heterocycles. The Hall–Kier alpha value is -1.01. The van der Waals surface area contributed by atoms with Crippen molar-refractivity contribution < 1.29 is 0 Å². The van der Waals surface area contributed by atoms with Crippen LogP contribution in [0.2, 0.25) is 10.0 Å². The van der Waals surface area contributed by atoms with Gasteiger partial charge < -0.3 is 0 Å². The molecule has 0 aromatic heterocycles. The van der Waals surface area contributed by atoms with Crippen LogP contribution in [0.4, 0.5) is 0 Å². The first kappa shape index (κ1) is 14.4. The van der Waals surface area contributed by atoms with Gasteiger partial charge in [0.1, 0.15) is 0 Å². The number of nitriles is 1. The second kappa shape index (κ2) is 6.43. The monoisotopic (exact) mass is 353 g/mol. The Bertz CT molecular complexity index is 617. The Kier molecular flexibility index (Phi) is 4.87. The molecule has 0 aliphatic rings. The Balaban J connectivity index is 2.25. The third-order valence-corrected chi connectivity index (χ3v) is 3.94. The largest absolute Gasteiger partial charge is 0.198 e. The molecule has 0 aliphatic carbocycles. The van der Waals surface area contributed by atoms with E-state index in [2.05, 4.69) is 22.0 Å². The Morgan fingerprint density at radius 1 is 1.11 bits per heavy atom. The molecular formula is C15H10BrCl2N. The first-order chi connectivity index (χ1) is 9.10. The summed E-state index contributed by atoms with van der Waals surface area (Å²) in [6, 6.07) is 15.5. The van der Waals surface area contributed by atoms with Gasteiger partial charge in [-0.05, 0) is 41.8 Å². The molecule has 1 atom stereocenters. The highest BCUT2D eigenvalue weighted by Crippen LogP contribution is 2.29. The highest BCUT2D eigenvalue weighted by Gasteiger charge is 2.15.